The van der Waals surface area contributed by atoms with E-state index in [1.54, 1.807) is 24.3 Å². The SMILES string of the molecule is CS(=O)(=O)Cc1ccccc1OCc1cc(-c2cccc(F)c2F)ccc1F. The Labute approximate surface area is 161 Å². The second kappa shape index (κ2) is 8.06. The lowest BCUT2D eigenvalue weighted by atomic mass is 10.0. The van der Waals surface area contributed by atoms with E-state index < -0.39 is 27.3 Å². The van der Waals surface area contributed by atoms with Gasteiger partial charge >= 0.3 is 0 Å². The quantitative estimate of drug-likeness (QED) is 0.585. The number of ether oxygens (including phenoxy) is 1. The summed E-state index contributed by atoms with van der Waals surface area (Å²) in [5, 5.41) is 0. The average Bonchev–Trinajstić information content (AvgIpc) is 2.63. The lowest BCUT2D eigenvalue weighted by Crippen LogP contribution is -2.05. The van der Waals surface area contributed by atoms with Crippen LogP contribution in [0.25, 0.3) is 11.1 Å². The zero-order valence-corrected chi connectivity index (χ0v) is 15.8. The minimum atomic E-state index is -3.27. The van der Waals surface area contributed by atoms with Gasteiger partial charge in [-0.05, 0) is 29.8 Å². The molecule has 3 rings (SSSR count). The summed E-state index contributed by atoms with van der Waals surface area (Å²) < 4.78 is 70.4. The molecule has 3 aromatic rings. The number of benzene rings is 3. The molecular formula is C21H17F3O3S. The highest BCUT2D eigenvalue weighted by molar-refractivity contribution is 7.89. The third-order valence-corrected chi connectivity index (χ3v) is 4.92. The second-order valence-corrected chi connectivity index (χ2v) is 8.51. The van der Waals surface area contributed by atoms with Crippen LogP contribution in [0, 0.1) is 17.5 Å². The van der Waals surface area contributed by atoms with Crippen molar-refractivity contribution in [2.45, 2.75) is 12.4 Å². The Balaban J connectivity index is 1.87. The van der Waals surface area contributed by atoms with Crippen molar-refractivity contribution in [2.24, 2.45) is 0 Å². The largest absolute Gasteiger partial charge is 0.488 e. The van der Waals surface area contributed by atoms with Crippen molar-refractivity contribution in [3.8, 4) is 16.9 Å². The van der Waals surface area contributed by atoms with Crippen molar-refractivity contribution in [3.05, 3.63) is 89.2 Å². The van der Waals surface area contributed by atoms with Crippen LogP contribution in [0.2, 0.25) is 0 Å². The summed E-state index contributed by atoms with van der Waals surface area (Å²) in [5.41, 5.74) is 0.910. The van der Waals surface area contributed by atoms with Gasteiger partial charge in [0, 0.05) is 22.9 Å². The molecule has 0 aliphatic carbocycles. The average molecular weight is 406 g/mol. The molecule has 0 saturated heterocycles. The molecule has 0 bridgehead atoms. The number of halogens is 3. The summed E-state index contributed by atoms with van der Waals surface area (Å²) in [7, 11) is -3.27. The summed E-state index contributed by atoms with van der Waals surface area (Å²) in [5.74, 6) is -2.47. The topological polar surface area (TPSA) is 43.4 Å². The maximum absolute atomic E-state index is 14.2. The summed E-state index contributed by atoms with van der Waals surface area (Å²) in [6.45, 7) is -0.197. The molecule has 0 atom stereocenters. The van der Waals surface area contributed by atoms with E-state index in [4.69, 9.17) is 4.74 Å². The van der Waals surface area contributed by atoms with Gasteiger partial charge < -0.3 is 4.74 Å². The zero-order valence-electron chi connectivity index (χ0n) is 15.0. The van der Waals surface area contributed by atoms with E-state index in [9.17, 15) is 21.6 Å². The van der Waals surface area contributed by atoms with E-state index in [0.717, 1.165) is 18.4 Å². The Bertz CT molecular complexity index is 1110. The van der Waals surface area contributed by atoms with Crippen molar-refractivity contribution in [3.63, 3.8) is 0 Å². The van der Waals surface area contributed by atoms with Crippen LogP contribution in [-0.2, 0) is 22.2 Å². The number of hydrogen-bond donors (Lipinski definition) is 0. The summed E-state index contributed by atoms with van der Waals surface area (Å²) in [4.78, 5) is 0. The smallest absolute Gasteiger partial charge is 0.166 e. The monoisotopic (exact) mass is 406 g/mol. The van der Waals surface area contributed by atoms with E-state index in [1.807, 2.05) is 0 Å². The fourth-order valence-electron chi connectivity index (χ4n) is 2.78. The normalized spacial score (nSPS) is 11.4. The molecule has 0 aromatic heterocycles. The highest BCUT2D eigenvalue weighted by Gasteiger charge is 2.14. The molecule has 0 N–H and O–H groups in total. The van der Waals surface area contributed by atoms with Gasteiger partial charge in [0.05, 0.1) is 5.75 Å². The first-order valence-electron chi connectivity index (χ1n) is 8.36. The van der Waals surface area contributed by atoms with Crippen molar-refractivity contribution in [1.82, 2.24) is 0 Å². The number of para-hydroxylation sites is 1. The molecular weight excluding hydrogens is 389 g/mol. The lowest BCUT2D eigenvalue weighted by molar-refractivity contribution is 0.297. The first-order valence-corrected chi connectivity index (χ1v) is 10.4. The minimum absolute atomic E-state index is 0.0127. The fraction of sp³-hybridized carbons (Fsp3) is 0.143. The molecule has 0 radical (unpaired) electrons. The molecule has 0 aliphatic rings. The Morgan fingerprint density at radius 1 is 0.857 bits per heavy atom. The molecule has 0 heterocycles. The van der Waals surface area contributed by atoms with Crippen LogP contribution in [0.4, 0.5) is 13.2 Å². The molecule has 0 unspecified atom stereocenters. The Hall–Kier alpha value is -2.80. The predicted molar refractivity (Wildman–Crippen MR) is 101 cm³/mol. The van der Waals surface area contributed by atoms with Gasteiger partial charge in [-0.3, -0.25) is 0 Å². The third-order valence-electron chi connectivity index (χ3n) is 4.08. The van der Waals surface area contributed by atoms with Gasteiger partial charge in [0.2, 0.25) is 0 Å². The van der Waals surface area contributed by atoms with Crippen LogP contribution >= 0.6 is 0 Å². The van der Waals surface area contributed by atoms with Gasteiger partial charge in [-0.25, -0.2) is 21.6 Å². The highest BCUT2D eigenvalue weighted by Crippen LogP contribution is 2.27. The van der Waals surface area contributed by atoms with Crippen LogP contribution in [-0.4, -0.2) is 14.7 Å². The van der Waals surface area contributed by atoms with Crippen LogP contribution in [0.1, 0.15) is 11.1 Å². The molecule has 0 fully saturated rings. The molecule has 0 saturated carbocycles. The second-order valence-electron chi connectivity index (χ2n) is 6.37. The van der Waals surface area contributed by atoms with Gasteiger partial charge in [0.25, 0.3) is 0 Å². The van der Waals surface area contributed by atoms with E-state index >= 15 is 0 Å². The Kier molecular flexibility index (Phi) is 5.74. The molecule has 0 spiro atoms. The van der Waals surface area contributed by atoms with Gasteiger partial charge in [-0.2, -0.15) is 0 Å². The first-order chi connectivity index (χ1) is 13.2. The molecule has 0 aliphatic heterocycles. The lowest BCUT2D eigenvalue weighted by Gasteiger charge is -2.13. The fourth-order valence-corrected chi connectivity index (χ4v) is 3.58. The van der Waals surface area contributed by atoms with E-state index in [0.29, 0.717) is 16.9 Å². The van der Waals surface area contributed by atoms with Crippen molar-refractivity contribution < 1.29 is 26.3 Å². The zero-order chi connectivity index (χ0) is 20.3. The Morgan fingerprint density at radius 2 is 1.61 bits per heavy atom. The Morgan fingerprint density at radius 3 is 2.36 bits per heavy atom. The predicted octanol–water partition coefficient (Wildman–Crippen LogP) is 4.89. The molecule has 3 nitrogen and oxygen atoms in total. The molecule has 7 heteroatoms. The first kappa shape index (κ1) is 19.9. The van der Waals surface area contributed by atoms with Gasteiger partial charge in [-0.15, -0.1) is 0 Å². The van der Waals surface area contributed by atoms with Crippen LogP contribution in [0.3, 0.4) is 0 Å². The summed E-state index contributed by atoms with van der Waals surface area (Å²) in [6.07, 6.45) is 1.11. The van der Waals surface area contributed by atoms with Gasteiger partial charge in [-0.1, -0.05) is 36.4 Å². The van der Waals surface area contributed by atoms with E-state index in [2.05, 4.69) is 0 Å². The number of sulfone groups is 1. The van der Waals surface area contributed by atoms with Crippen LogP contribution < -0.4 is 4.74 Å². The van der Waals surface area contributed by atoms with Crippen LogP contribution in [0.5, 0.6) is 5.75 Å². The summed E-state index contributed by atoms with van der Waals surface area (Å²) >= 11 is 0. The van der Waals surface area contributed by atoms with E-state index in [1.165, 1.54) is 24.3 Å². The third kappa shape index (κ3) is 4.72. The molecule has 146 valence electrons. The van der Waals surface area contributed by atoms with Crippen molar-refractivity contribution in [1.29, 1.82) is 0 Å². The molecule has 28 heavy (non-hydrogen) atoms. The van der Waals surface area contributed by atoms with Gasteiger partial charge in [0.15, 0.2) is 21.5 Å². The molecule has 3 aromatic carbocycles. The molecule has 0 amide bonds. The van der Waals surface area contributed by atoms with Gasteiger partial charge in [0.1, 0.15) is 18.2 Å². The van der Waals surface area contributed by atoms with Crippen molar-refractivity contribution in [2.75, 3.05) is 6.26 Å². The van der Waals surface area contributed by atoms with Crippen molar-refractivity contribution >= 4 is 9.84 Å². The van der Waals surface area contributed by atoms with E-state index in [-0.39, 0.29) is 23.5 Å². The standard InChI is InChI=1S/C21H17F3O3S/c1-28(25,26)13-15-5-2-3-8-20(15)27-12-16-11-14(9-10-18(16)22)17-6-4-7-19(23)21(17)24/h2-11H,12-13H2,1H3. The number of hydrogen-bond acceptors (Lipinski definition) is 3. The maximum atomic E-state index is 14.2. The number of rotatable bonds is 6. The van der Waals surface area contributed by atoms with Crippen LogP contribution in [0.15, 0.2) is 60.7 Å². The maximum Gasteiger partial charge on any atom is 0.166 e. The minimum Gasteiger partial charge on any atom is -0.488 e. The highest BCUT2D eigenvalue weighted by atomic mass is 32.2. The summed E-state index contributed by atoms with van der Waals surface area (Å²) in [6, 6.07) is 14.2.